The van der Waals surface area contributed by atoms with Gasteiger partial charge < -0.3 is 4.90 Å². The molecule has 3 aromatic rings. The minimum Gasteiger partial charge on any atom is -0.337 e. The number of para-hydroxylation sites is 1. The van der Waals surface area contributed by atoms with Crippen LogP contribution in [0, 0.1) is 6.92 Å². The van der Waals surface area contributed by atoms with Crippen molar-refractivity contribution in [3.8, 4) is 11.3 Å². The van der Waals surface area contributed by atoms with Crippen molar-refractivity contribution in [2.45, 2.75) is 32.2 Å². The third kappa shape index (κ3) is 2.98. The van der Waals surface area contributed by atoms with Gasteiger partial charge in [0, 0.05) is 42.8 Å². The van der Waals surface area contributed by atoms with Crippen molar-refractivity contribution in [2.75, 3.05) is 26.2 Å². The molecule has 28 heavy (non-hydrogen) atoms. The van der Waals surface area contributed by atoms with E-state index in [1.54, 1.807) is 6.20 Å². The van der Waals surface area contributed by atoms with Crippen molar-refractivity contribution in [1.82, 2.24) is 25.0 Å². The summed E-state index contributed by atoms with van der Waals surface area (Å²) < 4.78 is 0. The van der Waals surface area contributed by atoms with E-state index in [9.17, 15) is 4.79 Å². The lowest BCUT2D eigenvalue weighted by Gasteiger charge is -2.26. The van der Waals surface area contributed by atoms with Gasteiger partial charge in [-0.2, -0.15) is 5.10 Å². The number of nitrogens with zero attached hydrogens (tertiary/aromatic N) is 4. The molecule has 2 aliphatic heterocycles. The molecule has 144 valence electrons. The lowest BCUT2D eigenvalue weighted by atomic mass is 10.0. The molecule has 1 unspecified atom stereocenters. The second-order valence-corrected chi connectivity index (χ2v) is 7.95. The van der Waals surface area contributed by atoms with E-state index >= 15 is 0 Å². The van der Waals surface area contributed by atoms with Gasteiger partial charge in [-0.1, -0.05) is 18.2 Å². The van der Waals surface area contributed by atoms with Crippen LogP contribution < -0.4 is 0 Å². The highest BCUT2D eigenvalue weighted by atomic mass is 16.2. The van der Waals surface area contributed by atoms with E-state index in [0.29, 0.717) is 6.04 Å². The van der Waals surface area contributed by atoms with Crippen LogP contribution in [0.15, 0.2) is 36.7 Å². The zero-order valence-corrected chi connectivity index (χ0v) is 16.2. The number of aromatic nitrogens is 3. The summed E-state index contributed by atoms with van der Waals surface area (Å²) in [5.41, 5.74) is 4.40. The zero-order chi connectivity index (χ0) is 19.1. The average molecular weight is 375 g/mol. The first kappa shape index (κ1) is 17.4. The number of fused-ring (bicyclic) bond motifs is 2. The van der Waals surface area contributed by atoms with E-state index in [0.717, 1.165) is 59.3 Å². The Kier molecular flexibility index (Phi) is 4.36. The van der Waals surface area contributed by atoms with Crippen LogP contribution in [0.3, 0.4) is 0 Å². The molecule has 0 spiro atoms. The number of aromatic amines is 1. The molecule has 6 nitrogen and oxygen atoms in total. The number of amides is 1. The number of H-pyrrole nitrogens is 1. The fraction of sp³-hybridized carbons (Fsp3) is 0.409. The lowest BCUT2D eigenvalue weighted by Crippen LogP contribution is -2.39. The highest BCUT2D eigenvalue weighted by Crippen LogP contribution is 2.29. The highest BCUT2D eigenvalue weighted by Gasteiger charge is 2.31. The Labute approximate surface area is 164 Å². The predicted molar refractivity (Wildman–Crippen MR) is 109 cm³/mol. The van der Waals surface area contributed by atoms with Crippen LogP contribution in [0.5, 0.6) is 0 Å². The molecule has 0 radical (unpaired) electrons. The summed E-state index contributed by atoms with van der Waals surface area (Å²) in [6, 6.07) is 8.52. The Morgan fingerprint density at radius 2 is 2.11 bits per heavy atom. The van der Waals surface area contributed by atoms with Crippen LogP contribution in [0.2, 0.25) is 0 Å². The quantitative estimate of drug-likeness (QED) is 0.747. The van der Waals surface area contributed by atoms with Gasteiger partial charge in [0.15, 0.2) is 0 Å². The topological polar surface area (TPSA) is 65.1 Å². The first-order chi connectivity index (χ1) is 13.7. The smallest absolute Gasteiger partial charge is 0.254 e. The van der Waals surface area contributed by atoms with Gasteiger partial charge in [-0.3, -0.25) is 14.8 Å². The normalized spacial score (nSPS) is 20.3. The molecule has 1 aromatic carbocycles. The van der Waals surface area contributed by atoms with E-state index in [1.165, 1.54) is 19.4 Å². The summed E-state index contributed by atoms with van der Waals surface area (Å²) in [4.78, 5) is 23.1. The highest BCUT2D eigenvalue weighted by molar-refractivity contribution is 6.07. The monoisotopic (exact) mass is 375 g/mol. The molecule has 1 amide bonds. The van der Waals surface area contributed by atoms with Crippen molar-refractivity contribution in [3.63, 3.8) is 0 Å². The summed E-state index contributed by atoms with van der Waals surface area (Å²) in [7, 11) is 0. The molecule has 0 saturated carbocycles. The zero-order valence-electron chi connectivity index (χ0n) is 16.2. The van der Waals surface area contributed by atoms with Crippen LogP contribution in [-0.4, -0.2) is 63.1 Å². The number of benzene rings is 1. The molecule has 2 aromatic heterocycles. The summed E-state index contributed by atoms with van der Waals surface area (Å²) >= 11 is 0. The molecule has 0 aliphatic carbocycles. The maximum Gasteiger partial charge on any atom is 0.254 e. The molecule has 2 aliphatic rings. The van der Waals surface area contributed by atoms with Crippen LogP contribution in [0.1, 0.15) is 35.2 Å². The van der Waals surface area contributed by atoms with Gasteiger partial charge in [-0.05, 0) is 44.4 Å². The van der Waals surface area contributed by atoms with E-state index in [4.69, 9.17) is 4.98 Å². The molecular weight excluding hydrogens is 350 g/mol. The van der Waals surface area contributed by atoms with Gasteiger partial charge in [-0.25, -0.2) is 4.98 Å². The van der Waals surface area contributed by atoms with Crippen LogP contribution in [-0.2, 0) is 0 Å². The second-order valence-electron chi connectivity index (χ2n) is 7.95. The Morgan fingerprint density at radius 3 is 2.96 bits per heavy atom. The van der Waals surface area contributed by atoms with E-state index in [-0.39, 0.29) is 5.91 Å². The van der Waals surface area contributed by atoms with E-state index in [2.05, 4.69) is 20.0 Å². The van der Waals surface area contributed by atoms with E-state index in [1.807, 2.05) is 37.4 Å². The minimum absolute atomic E-state index is 0.122. The molecule has 4 heterocycles. The third-order valence-corrected chi connectivity index (χ3v) is 6.16. The minimum atomic E-state index is 0.122. The number of hydrogen-bond acceptors (Lipinski definition) is 4. The number of carbonyl (C=O) groups excluding carboxylic acids is 1. The molecule has 6 heteroatoms. The number of carbonyl (C=O) groups is 1. The van der Waals surface area contributed by atoms with Gasteiger partial charge in [0.05, 0.1) is 23.0 Å². The summed E-state index contributed by atoms with van der Waals surface area (Å²) in [5.74, 6) is 0.122. The van der Waals surface area contributed by atoms with Crippen molar-refractivity contribution in [1.29, 1.82) is 0 Å². The van der Waals surface area contributed by atoms with Gasteiger partial charge in [0.25, 0.3) is 5.91 Å². The van der Waals surface area contributed by atoms with Gasteiger partial charge in [0.2, 0.25) is 0 Å². The largest absolute Gasteiger partial charge is 0.337 e. The number of hydrogen-bond donors (Lipinski definition) is 1. The Balaban J connectivity index is 1.59. The molecule has 2 saturated heterocycles. The number of aryl methyl sites for hydroxylation is 1. The van der Waals surface area contributed by atoms with E-state index < -0.39 is 0 Å². The Morgan fingerprint density at radius 1 is 1.21 bits per heavy atom. The van der Waals surface area contributed by atoms with Gasteiger partial charge in [0.1, 0.15) is 0 Å². The molecule has 2 fully saturated rings. The van der Waals surface area contributed by atoms with Gasteiger partial charge >= 0.3 is 0 Å². The van der Waals surface area contributed by atoms with Crippen molar-refractivity contribution in [3.05, 3.63) is 47.8 Å². The molecule has 1 atom stereocenters. The number of nitrogens with one attached hydrogen (secondary N) is 1. The van der Waals surface area contributed by atoms with Gasteiger partial charge in [-0.15, -0.1) is 0 Å². The number of pyridine rings is 1. The fourth-order valence-electron chi connectivity index (χ4n) is 4.67. The molecule has 5 rings (SSSR count). The summed E-state index contributed by atoms with van der Waals surface area (Å²) in [5, 5.41) is 7.83. The lowest BCUT2D eigenvalue weighted by molar-refractivity contribution is 0.0745. The van der Waals surface area contributed by atoms with Crippen molar-refractivity contribution >= 4 is 16.8 Å². The SMILES string of the molecule is Cc1cccc2c(C(=O)N3CCCN4CCCC4C3)cc(-c3cn[nH]c3)nc12. The van der Waals surface area contributed by atoms with Crippen LogP contribution in [0.4, 0.5) is 0 Å². The van der Waals surface area contributed by atoms with Crippen molar-refractivity contribution < 1.29 is 4.79 Å². The molecule has 0 bridgehead atoms. The molecular formula is C22H25N5O. The average Bonchev–Trinajstić information content (AvgIpc) is 3.36. The standard InChI is InChI=1S/C22H25N5O/c1-15-5-2-7-18-19(11-20(25-21(15)18)16-12-23-24-13-16)22(28)27-10-4-9-26-8-3-6-17(26)14-27/h2,5,7,11-13,17H,3-4,6,8-10,14H2,1H3,(H,23,24). The Hall–Kier alpha value is -2.73. The first-order valence-corrected chi connectivity index (χ1v) is 10.1. The fourth-order valence-corrected chi connectivity index (χ4v) is 4.67. The predicted octanol–water partition coefficient (Wildman–Crippen LogP) is 3.24. The summed E-state index contributed by atoms with van der Waals surface area (Å²) in [6.07, 6.45) is 7.06. The number of rotatable bonds is 2. The maximum atomic E-state index is 13.6. The molecule has 1 N–H and O–H groups in total. The third-order valence-electron chi connectivity index (χ3n) is 6.16. The first-order valence-electron chi connectivity index (χ1n) is 10.1. The van der Waals surface area contributed by atoms with Crippen LogP contribution >= 0.6 is 0 Å². The van der Waals surface area contributed by atoms with Crippen molar-refractivity contribution in [2.24, 2.45) is 0 Å². The van der Waals surface area contributed by atoms with Crippen LogP contribution in [0.25, 0.3) is 22.2 Å². The Bertz CT molecular complexity index is 1010. The summed E-state index contributed by atoms with van der Waals surface area (Å²) in [6.45, 7) is 5.97. The maximum absolute atomic E-state index is 13.6. The second kappa shape index (κ2) is 7.02.